The molecule has 0 unspecified atom stereocenters. The maximum Gasteiger partial charge on any atom is 0.229 e. The molecule has 3 heterocycles. The van der Waals surface area contributed by atoms with E-state index in [0.29, 0.717) is 6.54 Å². The standard InChI is InChI=1S/C19H21N5O2S/c1-26-16-8-6-15(7-9-16)20-17(25)14-5-4-12-24(13-14)19-22-21-18(27-19)23-10-2-3-11-23/h2-3,6-11,14H,4-5,12-13H2,1H3,(H,20,25)/t14-/m0/s1. The summed E-state index contributed by atoms with van der Waals surface area (Å²) in [5.74, 6) is 0.742. The largest absolute Gasteiger partial charge is 0.497 e. The van der Waals surface area contributed by atoms with Gasteiger partial charge in [-0.2, -0.15) is 0 Å². The van der Waals surface area contributed by atoms with Crippen molar-refractivity contribution < 1.29 is 9.53 Å². The van der Waals surface area contributed by atoms with Crippen molar-refractivity contribution in [3.63, 3.8) is 0 Å². The van der Waals surface area contributed by atoms with Gasteiger partial charge in [0.1, 0.15) is 5.75 Å². The van der Waals surface area contributed by atoms with E-state index in [0.717, 1.165) is 41.1 Å². The molecule has 1 fully saturated rings. The normalized spacial score (nSPS) is 16.9. The van der Waals surface area contributed by atoms with Crippen LogP contribution >= 0.6 is 11.3 Å². The highest BCUT2D eigenvalue weighted by atomic mass is 32.1. The number of nitrogens with zero attached hydrogens (tertiary/aromatic N) is 4. The van der Waals surface area contributed by atoms with Gasteiger partial charge in [0.25, 0.3) is 0 Å². The summed E-state index contributed by atoms with van der Waals surface area (Å²) in [7, 11) is 1.62. The number of benzene rings is 1. The van der Waals surface area contributed by atoms with Crippen LogP contribution in [0.2, 0.25) is 0 Å². The van der Waals surface area contributed by atoms with Gasteiger partial charge in [-0.25, -0.2) is 0 Å². The topological polar surface area (TPSA) is 72.3 Å². The van der Waals surface area contributed by atoms with Crippen LogP contribution in [-0.4, -0.2) is 40.9 Å². The van der Waals surface area contributed by atoms with E-state index in [2.05, 4.69) is 20.4 Å². The first-order chi connectivity index (χ1) is 13.2. The lowest BCUT2D eigenvalue weighted by atomic mass is 9.97. The number of carbonyl (C=O) groups excluding carboxylic acids is 1. The Morgan fingerprint density at radius 1 is 1.19 bits per heavy atom. The average molecular weight is 383 g/mol. The van der Waals surface area contributed by atoms with E-state index in [9.17, 15) is 4.79 Å². The van der Waals surface area contributed by atoms with Crippen LogP contribution in [-0.2, 0) is 4.79 Å². The summed E-state index contributed by atoms with van der Waals surface area (Å²) in [6.07, 6.45) is 5.73. The van der Waals surface area contributed by atoms with Gasteiger partial charge >= 0.3 is 0 Å². The first kappa shape index (κ1) is 17.5. The molecule has 1 atom stereocenters. The fourth-order valence-electron chi connectivity index (χ4n) is 3.19. The molecule has 140 valence electrons. The molecule has 1 aliphatic heterocycles. The Morgan fingerprint density at radius 2 is 1.93 bits per heavy atom. The number of carbonyl (C=O) groups is 1. The molecular weight excluding hydrogens is 362 g/mol. The van der Waals surface area contributed by atoms with E-state index in [-0.39, 0.29) is 11.8 Å². The molecule has 0 spiro atoms. The zero-order valence-electron chi connectivity index (χ0n) is 15.0. The number of amides is 1. The number of ether oxygens (including phenoxy) is 1. The quantitative estimate of drug-likeness (QED) is 0.733. The molecular formula is C19H21N5O2S. The van der Waals surface area contributed by atoms with Crippen LogP contribution in [0.5, 0.6) is 5.75 Å². The van der Waals surface area contributed by atoms with Crippen LogP contribution in [0, 0.1) is 5.92 Å². The average Bonchev–Trinajstić information content (AvgIpc) is 3.40. The lowest BCUT2D eigenvalue weighted by Crippen LogP contribution is -2.40. The second-order valence-corrected chi connectivity index (χ2v) is 7.39. The highest BCUT2D eigenvalue weighted by Gasteiger charge is 2.27. The van der Waals surface area contributed by atoms with Gasteiger partial charge in [0, 0.05) is 31.2 Å². The second-order valence-electron chi connectivity index (χ2n) is 6.46. The van der Waals surface area contributed by atoms with Crippen molar-refractivity contribution in [3.05, 3.63) is 48.8 Å². The summed E-state index contributed by atoms with van der Waals surface area (Å²) in [6.45, 7) is 1.55. The van der Waals surface area contributed by atoms with Gasteiger partial charge < -0.3 is 15.0 Å². The van der Waals surface area contributed by atoms with Crippen LogP contribution in [0.25, 0.3) is 5.13 Å². The number of nitrogens with one attached hydrogen (secondary N) is 1. The Balaban J connectivity index is 1.40. The van der Waals surface area contributed by atoms with Crippen LogP contribution < -0.4 is 15.0 Å². The van der Waals surface area contributed by atoms with Crippen LogP contribution in [0.1, 0.15) is 12.8 Å². The number of rotatable bonds is 5. The molecule has 27 heavy (non-hydrogen) atoms. The van der Waals surface area contributed by atoms with Crippen LogP contribution in [0.3, 0.4) is 0 Å². The first-order valence-electron chi connectivity index (χ1n) is 8.89. The predicted octanol–water partition coefficient (Wildman–Crippen LogP) is 3.19. The Labute approximate surface area is 161 Å². The predicted molar refractivity (Wildman–Crippen MR) is 106 cm³/mol. The maximum atomic E-state index is 12.7. The van der Waals surface area contributed by atoms with Gasteiger partial charge in [0.15, 0.2) is 0 Å². The first-order valence-corrected chi connectivity index (χ1v) is 9.71. The van der Waals surface area contributed by atoms with E-state index in [4.69, 9.17) is 4.74 Å². The lowest BCUT2D eigenvalue weighted by Gasteiger charge is -2.31. The summed E-state index contributed by atoms with van der Waals surface area (Å²) in [4.78, 5) is 14.8. The van der Waals surface area contributed by atoms with E-state index in [1.807, 2.05) is 53.4 Å². The minimum Gasteiger partial charge on any atom is -0.497 e. The molecule has 0 radical (unpaired) electrons. The third-order valence-electron chi connectivity index (χ3n) is 4.65. The fraction of sp³-hybridized carbons (Fsp3) is 0.316. The molecule has 8 heteroatoms. The third-order valence-corrected chi connectivity index (χ3v) is 5.65. The molecule has 4 rings (SSSR count). The highest BCUT2D eigenvalue weighted by Crippen LogP contribution is 2.28. The molecule has 1 amide bonds. The Bertz CT molecular complexity index is 891. The molecule has 3 aromatic rings. The molecule has 1 aliphatic rings. The molecule has 1 N–H and O–H groups in total. The summed E-state index contributed by atoms with van der Waals surface area (Å²) in [5, 5.41) is 13.3. The van der Waals surface area contributed by atoms with E-state index < -0.39 is 0 Å². The Kier molecular flexibility index (Phi) is 5.06. The zero-order chi connectivity index (χ0) is 18.6. The fourth-order valence-corrected chi connectivity index (χ4v) is 4.03. The number of piperidine rings is 1. The zero-order valence-corrected chi connectivity index (χ0v) is 15.9. The lowest BCUT2D eigenvalue weighted by molar-refractivity contribution is -0.120. The monoisotopic (exact) mass is 383 g/mol. The molecule has 0 bridgehead atoms. The number of anilines is 2. The smallest absolute Gasteiger partial charge is 0.229 e. The number of hydrogen-bond donors (Lipinski definition) is 1. The second kappa shape index (κ2) is 7.79. The highest BCUT2D eigenvalue weighted by molar-refractivity contribution is 7.17. The molecule has 0 aliphatic carbocycles. The van der Waals surface area contributed by atoms with Gasteiger partial charge in [0.2, 0.25) is 16.2 Å². The molecule has 0 saturated carbocycles. The number of methoxy groups -OCH3 is 1. The Morgan fingerprint density at radius 3 is 2.67 bits per heavy atom. The van der Waals surface area contributed by atoms with Gasteiger partial charge in [-0.05, 0) is 49.2 Å². The van der Waals surface area contributed by atoms with E-state index >= 15 is 0 Å². The molecule has 7 nitrogen and oxygen atoms in total. The minimum absolute atomic E-state index is 0.0417. The van der Waals surface area contributed by atoms with Crippen molar-refractivity contribution in [2.75, 3.05) is 30.4 Å². The number of aromatic nitrogens is 3. The van der Waals surface area contributed by atoms with Crippen molar-refractivity contribution in [2.45, 2.75) is 12.8 Å². The SMILES string of the molecule is COc1ccc(NC(=O)[C@H]2CCCN(c3nnc(-n4cccc4)s3)C2)cc1. The van der Waals surface area contributed by atoms with E-state index in [1.165, 1.54) is 0 Å². The van der Waals surface area contributed by atoms with Crippen molar-refractivity contribution >= 4 is 28.1 Å². The van der Waals surface area contributed by atoms with Gasteiger partial charge in [0.05, 0.1) is 13.0 Å². The summed E-state index contributed by atoms with van der Waals surface area (Å²) < 4.78 is 7.09. The van der Waals surface area contributed by atoms with Crippen molar-refractivity contribution in [1.29, 1.82) is 0 Å². The molecule has 2 aromatic heterocycles. The van der Waals surface area contributed by atoms with E-state index in [1.54, 1.807) is 18.4 Å². The van der Waals surface area contributed by atoms with Gasteiger partial charge in [-0.3, -0.25) is 9.36 Å². The summed E-state index contributed by atoms with van der Waals surface area (Å²) in [6, 6.07) is 11.3. The van der Waals surface area contributed by atoms with Crippen LogP contribution in [0.4, 0.5) is 10.8 Å². The maximum absolute atomic E-state index is 12.7. The summed E-state index contributed by atoms with van der Waals surface area (Å²) in [5.41, 5.74) is 0.781. The van der Waals surface area contributed by atoms with Crippen molar-refractivity contribution in [1.82, 2.24) is 14.8 Å². The Hall–Kier alpha value is -2.87. The van der Waals surface area contributed by atoms with Gasteiger partial charge in [-0.1, -0.05) is 11.3 Å². The minimum atomic E-state index is -0.0696. The van der Waals surface area contributed by atoms with Crippen LogP contribution in [0.15, 0.2) is 48.8 Å². The molecule has 1 aromatic carbocycles. The summed E-state index contributed by atoms with van der Waals surface area (Å²) >= 11 is 1.54. The van der Waals surface area contributed by atoms with Gasteiger partial charge in [-0.15, -0.1) is 10.2 Å². The number of hydrogen-bond acceptors (Lipinski definition) is 6. The molecule has 1 saturated heterocycles. The van der Waals surface area contributed by atoms with Crippen molar-refractivity contribution in [2.24, 2.45) is 5.92 Å². The van der Waals surface area contributed by atoms with Crippen molar-refractivity contribution in [3.8, 4) is 10.9 Å². The third kappa shape index (κ3) is 3.95.